The molecule has 12 heavy (non-hydrogen) atoms. The van der Waals surface area contributed by atoms with Crippen LogP contribution in [0.2, 0.25) is 0 Å². The van der Waals surface area contributed by atoms with Crippen LogP contribution < -0.4 is 0 Å². The third-order valence-corrected chi connectivity index (χ3v) is 2.03. The van der Waals surface area contributed by atoms with Gasteiger partial charge >= 0.3 is 0 Å². The van der Waals surface area contributed by atoms with Crippen LogP contribution in [-0.4, -0.2) is 10.2 Å². The molecule has 1 aromatic heterocycles. The van der Waals surface area contributed by atoms with Gasteiger partial charge < -0.3 is 6.42 Å². The first-order valence-corrected chi connectivity index (χ1v) is 4.46. The number of hydrogen-bond acceptors (Lipinski definition) is 1. The van der Waals surface area contributed by atoms with E-state index in [1.54, 1.807) is 0 Å². The largest absolute Gasteiger partial charge is 0.319 e. The Kier molecular flexibility index (Phi) is 2.90. The maximum atomic E-state index is 4.01. The van der Waals surface area contributed by atoms with Gasteiger partial charge in [-0.15, -0.1) is 5.92 Å². The Morgan fingerprint density at radius 3 is 2.50 bits per heavy atom. The second-order valence-corrected chi connectivity index (χ2v) is 3.68. The fraction of sp³-hybridized carbons (Fsp3) is 0.600. The van der Waals surface area contributed by atoms with Crippen molar-refractivity contribution in [1.82, 2.24) is 10.2 Å². The minimum absolute atomic E-state index is 0.503. The Morgan fingerprint density at radius 1 is 1.42 bits per heavy atom. The van der Waals surface area contributed by atoms with Crippen molar-refractivity contribution in [2.24, 2.45) is 5.92 Å². The standard InChI is InChI=1S/C10H17N2/c1-7(2)5-8(3)10-6-11-12-9(10)4/h5-8H,1-4H3,(H,11,12)/q-1. The molecule has 0 spiro atoms. The van der Waals surface area contributed by atoms with Gasteiger partial charge in [-0.2, -0.15) is 11.0 Å². The molecule has 0 bridgehead atoms. The lowest BCUT2D eigenvalue weighted by Crippen LogP contribution is -2.00. The van der Waals surface area contributed by atoms with Crippen LogP contribution in [0, 0.1) is 19.3 Å². The zero-order valence-corrected chi connectivity index (χ0v) is 8.26. The first-order chi connectivity index (χ1) is 5.61. The topological polar surface area (TPSA) is 28.7 Å². The summed E-state index contributed by atoms with van der Waals surface area (Å²) in [5.41, 5.74) is 2.49. The first-order valence-electron chi connectivity index (χ1n) is 4.46. The van der Waals surface area contributed by atoms with Gasteiger partial charge in [-0.25, -0.2) is 0 Å². The highest BCUT2D eigenvalue weighted by Crippen LogP contribution is 2.23. The van der Waals surface area contributed by atoms with Gasteiger partial charge in [-0.1, -0.05) is 20.8 Å². The highest BCUT2D eigenvalue weighted by Gasteiger charge is 2.02. The van der Waals surface area contributed by atoms with E-state index in [2.05, 4.69) is 44.3 Å². The summed E-state index contributed by atoms with van der Waals surface area (Å²) >= 11 is 0. The van der Waals surface area contributed by atoms with E-state index in [4.69, 9.17) is 0 Å². The van der Waals surface area contributed by atoms with Gasteiger partial charge in [0.25, 0.3) is 0 Å². The Hall–Kier alpha value is -0.790. The molecule has 1 aromatic rings. The van der Waals surface area contributed by atoms with Gasteiger partial charge in [0.05, 0.1) is 0 Å². The van der Waals surface area contributed by atoms with Crippen LogP contribution in [0.15, 0.2) is 6.20 Å². The molecule has 1 atom stereocenters. The summed E-state index contributed by atoms with van der Waals surface area (Å²) in [4.78, 5) is 0. The van der Waals surface area contributed by atoms with E-state index in [0.29, 0.717) is 11.8 Å². The molecule has 2 nitrogen and oxygen atoms in total. The van der Waals surface area contributed by atoms with Crippen molar-refractivity contribution in [3.8, 4) is 0 Å². The number of aromatic nitrogens is 2. The Labute approximate surface area is 74.4 Å². The Balaban J connectivity index is 2.65. The molecule has 2 heteroatoms. The van der Waals surface area contributed by atoms with Crippen molar-refractivity contribution in [3.05, 3.63) is 23.9 Å². The highest BCUT2D eigenvalue weighted by molar-refractivity contribution is 5.22. The minimum Gasteiger partial charge on any atom is -0.319 e. The fourth-order valence-corrected chi connectivity index (χ4v) is 1.50. The van der Waals surface area contributed by atoms with Crippen molar-refractivity contribution in [1.29, 1.82) is 0 Å². The average Bonchev–Trinajstić information content (AvgIpc) is 2.33. The Bertz CT molecular complexity index is 238. The zero-order valence-electron chi connectivity index (χ0n) is 8.26. The van der Waals surface area contributed by atoms with E-state index < -0.39 is 0 Å². The number of rotatable bonds is 3. The summed E-state index contributed by atoms with van der Waals surface area (Å²) in [7, 11) is 0. The van der Waals surface area contributed by atoms with Gasteiger partial charge in [-0.05, 0) is 12.5 Å². The van der Waals surface area contributed by atoms with Crippen LogP contribution in [-0.2, 0) is 0 Å². The molecule has 1 rings (SSSR count). The van der Waals surface area contributed by atoms with Crippen LogP contribution >= 0.6 is 0 Å². The lowest BCUT2D eigenvalue weighted by Gasteiger charge is -2.24. The van der Waals surface area contributed by atoms with Crippen molar-refractivity contribution < 1.29 is 0 Å². The van der Waals surface area contributed by atoms with Gasteiger partial charge in [-0.3, -0.25) is 5.10 Å². The molecule has 1 heterocycles. The third-order valence-electron chi connectivity index (χ3n) is 2.03. The van der Waals surface area contributed by atoms with Crippen molar-refractivity contribution in [3.63, 3.8) is 0 Å². The summed E-state index contributed by atoms with van der Waals surface area (Å²) in [5.74, 6) is 1.14. The third kappa shape index (κ3) is 2.10. The number of aryl methyl sites for hydroxylation is 1. The van der Waals surface area contributed by atoms with E-state index in [-0.39, 0.29) is 0 Å². The maximum Gasteiger partial charge on any atom is 0.0498 e. The summed E-state index contributed by atoms with van der Waals surface area (Å²) in [5, 5.41) is 6.96. The molecular weight excluding hydrogens is 148 g/mol. The molecule has 0 amide bonds. The maximum absolute atomic E-state index is 4.01. The highest BCUT2D eigenvalue weighted by atomic mass is 15.1. The van der Waals surface area contributed by atoms with E-state index in [1.165, 1.54) is 11.3 Å². The molecular formula is C10H17N2-. The summed E-state index contributed by atoms with van der Waals surface area (Å²) in [6.45, 7) is 8.67. The minimum atomic E-state index is 0.503. The zero-order chi connectivity index (χ0) is 9.14. The van der Waals surface area contributed by atoms with Crippen molar-refractivity contribution in [2.45, 2.75) is 33.6 Å². The van der Waals surface area contributed by atoms with Crippen LogP contribution in [0.4, 0.5) is 0 Å². The summed E-state index contributed by atoms with van der Waals surface area (Å²) in [6, 6.07) is 0. The van der Waals surface area contributed by atoms with Gasteiger partial charge in [0.2, 0.25) is 0 Å². The van der Waals surface area contributed by atoms with E-state index in [9.17, 15) is 0 Å². The predicted molar refractivity (Wildman–Crippen MR) is 50.9 cm³/mol. The quantitative estimate of drug-likeness (QED) is 0.685. The van der Waals surface area contributed by atoms with Crippen LogP contribution in [0.3, 0.4) is 0 Å². The van der Waals surface area contributed by atoms with Crippen LogP contribution in [0.5, 0.6) is 0 Å². The molecule has 0 aromatic carbocycles. The SMILES string of the molecule is Cc1[nH]ncc1C(C)[CH-]C(C)C. The number of hydrogen-bond donors (Lipinski definition) is 1. The molecule has 0 aliphatic carbocycles. The Morgan fingerprint density at radius 2 is 2.08 bits per heavy atom. The lowest BCUT2D eigenvalue weighted by atomic mass is 9.93. The molecule has 1 N–H and O–H groups in total. The molecule has 0 aliphatic rings. The number of H-pyrrole nitrogens is 1. The van der Waals surface area contributed by atoms with Crippen LogP contribution in [0.1, 0.15) is 37.9 Å². The molecule has 0 saturated carbocycles. The van der Waals surface area contributed by atoms with Gasteiger partial charge in [0, 0.05) is 11.9 Å². The van der Waals surface area contributed by atoms with Gasteiger partial charge in [0.15, 0.2) is 0 Å². The number of nitrogens with zero attached hydrogens (tertiary/aromatic N) is 1. The second-order valence-electron chi connectivity index (χ2n) is 3.68. The predicted octanol–water partition coefficient (Wildman–Crippen LogP) is 2.68. The molecule has 0 saturated heterocycles. The molecule has 0 aliphatic heterocycles. The summed E-state index contributed by atoms with van der Waals surface area (Å²) in [6.07, 6.45) is 4.25. The van der Waals surface area contributed by atoms with Crippen molar-refractivity contribution >= 4 is 0 Å². The van der Waals surface area contributed by atoms with Crippen LogP contribution in [0.25, 0.3) is 0 Å². The van der Waals surface area contributed by atoms with Gasteiger partial charge in [0.1, 0.15) is 0 Å². The average molecular weight is 165 g/mol. The number of nitrogens with one attached hydrogen (secondary N) is 1. The molecule has 0 fully saturated rings. The van der Waals surface area contributed by atoms with E-state index in [1.807, 2.05) is 6.20 Å². The monoisotopic (exact) mass is 165 g/mol. The summed E-state index contributed by atoms with van der Waals surface area (Å²) < 4.78 is 0. The fourth-order valence-electron chi connectivity index (χ4n) is 1.50. The van der Waals surface area contributed by atoms with E-state index >= 15 is 0 Å². The molecule has 1 unspecified atom stereocenters. The first kappa shape index (κ1) is 9.30. The lowest BCUT2D eigenvalue weighted by molar-refractivity contribution is 0.670. The second kappa shape index (κ2) is 3.74. The number of aromatic amines is 1. The molecule has 68 valence electrons. The smallest absolute Gasteiger partial charge is 0.0498 e. The van der Waals surface area contributed by atoms with Crippen molar-refractivity contribution in [2.75, 3.05) is 0 Å². The normalized spacial score (nSPS) is 13.8. The molecule has 0 radical (unpaired) electrons. The van der Waals surface area contributed by atoms with E-state index in [0.717, 1.165) is 0 Å².